The van der Waals surface area contributed by atoms with Crippen LogP contribution in [0.15, 0.2) is 68.9 Å². The van der Waals surface area contributed by atoms with Gasteiger partial charge in [-0.2, -0.15) is 0 Å². The molecule has 0 saturated heterocycles. The number of carbonyl (C=O) groups is 1. The van der Waals surface area contributed by atoms with Crippen molar-refractivity contribution in [3.05, 3.63) is 99.4 Å². The summed E-state index contributed by atoms with van der Waals surface area (Å²) < 4.78 is 7.26. The minimum absolute atomic E-state index is 0.0156. The van der Waals surface area contributed by atoms with Crippen LogP contribution < -0.4 is 14.9 Å². The first kappa shape index (κ1) is 22.6. The van der Waals surface area contributed by atoms with Gasteiger partial charge in [0.15, 0.2) is 4.80 Å². The summed E-state index contributed by atoms with van der Waals surface area (Å²) in [5.74, 6) is -0.482. The quantitative estimate of drug-likeness (QED) is 0.305. The lowest BCUT2D eigenvalue weighted by Crippen LogP contribution is -2.39. The molecule has 1 aliphatic rings. The van der Waals surface area contributed by atoms with Crippen LogP contribution in [0.3, 0.4) is 0 Å². The Hall–Kier alpha value is -3.63. The number of carbonyl (C=O) groups excluding carboxylic acids is 1. The molecule has 8 nitrogen and oxygen atoms in total. The summed E-state index contributed by atoms with van der Waals surface area (Å²) in [5, 5.41) is 12.7. The van der Waals surface area contributed by atoms with Gasteiger partial charge in [0.1, 0.15) is 6.04 Å². The second kappa shape index (κ2) is 9.47. The monoisotopic (exact) mass is 481 g/mol. The minimum atomic E-state index is -0.596. The van der Waals surface area contributed by atoms with Crippen LogP contribution in [0, 0.1) is 10.1 Å². The lowest BCUT2D eigenvalue weighted by Gasteiger charge is -2.23. The van der Waals surface area contributed by atoms with E-state index in [2.05, 4.69) is 4.99 Å². The predicted octanol–water partition coefficient (Wildman–Crippen LogP) is 3.43. The number of aromatic nitrogens is 1. The van der Waals surface area contributed by atoms with Crippen LogP contribution in [-0.4, -0.2) is 22.1 Å². The smallest absolute Gasteiger partial charge is 0.338 e. The first-order chi connectivity index (χ1) is 15.9. The molecule has 3 heterocycles. The lowest BCUT2D eigenvalue weighted by molar-refractivity contribution is -0.384. The van der Waals surface area contributed by atoms with E-state index in [9.17, 15) is 19.7 Å². The van der Waals surface area contributed by atoms with E-state index >= 15 is 0 Å². The summed E-state index contributed by atoms with van der Waals surface area (Å²) in [7, 11) is 0. The van der Waals surface area contributed by atoms with Crippen molar-refractivity contribution in [3.63, 3.8) is 0 Å². The fourth-order valence-corrected chi connectivity index (χ4v) is 5.30. The van der Waals surface area contributed by atoms with E-state index in [1.54, 1.807) is 48.8 Å². The second-order valence-corrected chi connectivity index (χ2v) is 9.04. The number of hydrogen-bond donors (Lipinski definition) is 0. The zero-order valence-electron chi connectivity index (χ0n) is 17.8. The van der Waals surface area contributed by atoms with Gasteiger partial charge < -0.3 is 4.74 Å². The number of fused-ring (bicyclic) bond motifs is 1. The van der Waals surface area contributed by atoms with Crippen LogP contribution in [-0.2, 0) is 9.53 Å². The maximum Gasteiger partial charge on any atom is 0.338 e. The summed E-state index contributed by atoms with van der Waals surface area (Å²) in [4.78, 5) is 42.3. The number of ether oxygens (including phenoxy) is 1. The van der Waals surface area contributed by atoms with E-state index in [1.807, 2.05) is 17.5 Å². The van der Waals surface area contributed by atoms with E-state index < -0.39 is 16.9 Å². The van der Waals surface area contributed by atoms with Gasteiger partial charge in [0.2, 0.25) is 0 Å². The van der Waals surface area contributed by atoms with E-state index in [-0.39, 0.29) is 17.9 Å². The van der Waals surface area contributed by atoms with Crippen LogP contribution in [0.25, 0.3) is 12.2 Å². The number of nitro groups is 1. The zero-order valence-corrected chi connectivity index (χ0v) is 19.4. The Kier molecular flexibility index (Phi) is 6.47. The van der Waals surface area contributed by atoms with Crippen LogP contribution in [0.1, 0.15) is 30.3 Å². The van der Waals surface area contributed by atoms with Gasteiger partial charge >= 0.3 is 5.97 Å². The summed E-state index contributed by atoms with van der Waals surface area (Å²) in [6.45, 7) is 3.71. The van der Waals surface area contributed by atoms with Gasteiger partial charge in [0.25, 0.3) is 11.2 Å². The van der Waals surface area contributed by atoms with Crippen LogP contribution in [0.2, 0.25) is 0 Å². The van der Waals surface area contributed by atoms with E-state index in [4.69, 9.17) is 4.74 Å². The zero-order chi connectivity index (χ0) is 23.5. The molecule has 0 saturated carbocycles. The molecule has 0 aliphatic carbocycles. The first-order valence-corrected chi connectivity index (χ1v) is 11.7. The van der Waals surface area contributed by atoms with Gasteiger partial charge in [-0.3, -0.25) is 19.5 Å². The molecule has 0 N–H and O–H groups in total. The fraction of sp³-hybridized carbons (Fsp3) is 0.174. The van der Waals surface area contributed by atoms with Crippen molar-refractivity contribution in [1.82, 2.24) is 4.57 Å². The number of non-ortho nitro benzene ring substituents is 1. The Morgan fingerprint density at radius 3 is 2.70 bits per heavy atom. The molecule has 3 aromatic rings. The molecule has 1 unspecified atom stereocenters. The Morgan fingerprint density at radius 1 is 1.30 bits per heavy atom. The summed E-state index contributed by atoms with van der Waals surface area (Å²) in [5.41, 5.74) is 1.42. The van der Waals surface area contributed by atoms with Gasteiger partial charge in [-0.25, -0.2) is 9.79 Å². The summed E-state index contributed by atoms with van der Waals surface area (Å²) >= 11 is 2.70. The molecule has 1 aliphatic heterocycles. The fourth-order valence-electron chi connectivity index (χ4n) is 3.48. The van der Waals surface area contributed by atoms with Crippen molar-refractivity contribution >= 4 is 46.5 Å². The molecule has 1 atom stereocenters. The normalized spacial score (nSPS) is 16.1. The van der Waals surface area contributed by atoms with Gasteiger partial charge in [0, 0.05) is 17.0 Å². The number of thiophene rings is 1. The Balaban J connectivity index is 1.76. The average Bonchev–Trinajstić information content (AvgIpc) is 3.42. The molecule has 10 heteroatoms. The summed E-state index contributed by atoms with van der Waals surface area (Å²) in [6, 6.07) is 9.29. The third-order valence-electron chi connectivity index (χ3n) is 4.97. The van der Waals surface area contributed by atoms with Gasteiger partial charge in [-0.15, -0.1) is 11.3 Å². The number of rotatable bonds is 6. The minimum Gasteiger partial charge on any atom is -0.463 e. The Bertz CT molecular complexity index is 1440. The number of allylic oxidation sites excluding steroid dienone is 2. The van der Waals surface area contributed by atoms with Crippen molar-refractivity contribution in [2.45, 2.75) is 19.9 Å². The van der Waals surface area contributed by atoms with Crippen molar-refractivity contribution in [3.8, 4) is 0 Å². The molecule has 0 bridgehead atoms. The van der Waals surface area contributed by atoms with Crippen molar-refractivity contribution in [2.24, 2.45) is 4.99 Å². The SMILES string of the molecule is CCOC(=O)C1=C(C)N=c2sc(=CC=Cc3ccc([N+](=O)[O-])cc3)c(=O)n2C1c1cccs1. The van der Waals surface area contributed by atoms with Gasteiger partial charge in [0.05, 0.1) is 27.3 Å². The molecular weight excluding hydrogens is 462 g/mol. The molecule has 0 fully saturated rings. The van der Waals surface area contributed by atoms with E-state index in [0.717, 1.165) is 10.4 Å². The van der Waals surface area contributed by atoms with Crippen molar-refractivity contribution in [2.75, 3.05) is 6.61 Å². The molecule has 33 heavy (non-hydrogen) atoms. The number of nitrogens with zero attached hydrogens (tertiary/aromatic N) is 3. The van der Waals surface area contributed by atoms with Crippen LogP contribution >= 0.6 is 22.7 Å². The Morgan fingerprint density at radius 2 is 2.06 bits per heavy atom. The molecule has 0 amide bonds. The van der Waals surface area contributed by atoms with E-state index in [0.29, 0.717) is 20.6 Å². The van der Waals surface area contributed by atoms with Crippen molar-refractivity contribution < 1.29 is 14.5 Å². The van der Waals surface area contributed by atoms with Crippen LogP contribution in [0.4, 0.5) is 5.69 Å². The molecule has 0 radical (unpaired) electrons. The maximum atomic E-state index is 13.3. The average molecular weight is 482 g/mol. The van der Waals surface area contributed by atoms with Gasteiger partial charge in [-0.05, 0) is 49.1 Å². The number of nitro benzene ring substituents is 1. The van der Waals surface area contributed by atoms with Crippen molar-refractivity contribution in [1.29, 1.82) is 0 Å². The first-order valence-electron chi connectivity index (χ1n) is 10.0. The maximum absolute atomic E-state index is 13.3. The number of thiazole rings is 1. The largest absolute Gasteiger partial charge is 0.463 e. The topological polar surface area (TPSA) is 104 Å². The van der Waals surface area contributed by atoms with Crippen LogP contribution in [0.5, 0.6) is 0 Å². The molecule has 0 spiro atoms. The highest BCUT2D eigenvalue weighted by Crippen LogP contribution is 2.33. The van der Waals surface area contributed by atoms with E-state index in [1.165, 1.54) is 34.8 Å². The lowest BCUT2D eigenvalue weighted by atomic mass is 10.0. The third-order valence-corrected chi connectivity index (χ3v) is 6.90. The molecule has 1 aromatic carbocycles. The number of hydrogen-bond acceptors (Lipinski definition) is 8. The molecule has 2 aromatic heterocycles. The molecule has 4 rings (SSSR count). The molecular formula is C23H19N3O5S2. The highest BCUT2D eigenvalue weighted by atomic mass is 32.1. The van der Waals surface area contributed by atoms with Gasteiger partial charge in [-0.1, -0.05) is 29.6 Å². The Labute approximate surface area is 196 Å². The third kappa shape index (κ3) is 4.48. The number of esters is 1. The predicted molar refractivity (Wildman–Crippen MR) is 128 cm³/mol. The highest BCUT2D eigenvalue weighted by molar-refractivity contribution is 7.10. The standard InChI is InChI=1S/C23H19N3O5S2/c1-3-31-22(28)19-14(2)24-23-25(20(19)17-8-5-13-32-17)21(27)18(33-23)7-4-6-15-9-11-16(12-10-15)26(29)30/h4-13,20H,3H2,1-2H3. The number of benzene rings is 1. The second-order valence-electron chi connectivity index (χ2n) is 7.05. The molecule has 168 valence electrons. The summed E-state index contributed by atoms with van der Waals surface area (Å²) in [6.07, 6.45) is 5.15. The highest BCUT2D eigenvalue weighted by Gasteiger charge is 2.33.